The Morgan fingerprint density at radius 2 is 1.86 bits per heavy atom. The number of aromatic nitrogens is 1. The maximum absolute atomic E-state index is 14.5. The molecule has 0 aliphatic rings. The van der Waals surface area contributed by atoms with Crippen LogP contribution >= 0.6 is 0 Å². The molecule has 0 fully saturated rings. The van der Waals surface area contributed by atoms with Gasteiger partial charge in [0.1, 0.15) is 17.1 Å². The van der Waals surface area contributed by atoms with Gasteiger partial charge < -0.3 is 19.5 Å². The van der Waals surface area contributed by atoms with Gasteiger partial charge in [-0.1, -0.05) is 19.9 Å². The number of hydrogen-bond donors (Lipinski definition) is 2. The summed E-state index contributed by atoms with van der Waals surface area (Å²) in [6.07, 6.45) is 0.0936. The topological polar surface area (TPSA) is 95.5 Å². The van der Waals surface area contributed by atoms with Gasteiger partial charge in [0.15, 0.2) is 11.6 Å². The maximum atomic E-state index is 14.5. The average molecular weight is 476 g/mol. The number of carboxylic acids is 1. The van der Waals surface area contributed by atoms with Crippen molar-refractivity contribution < 1.29 is 28.5 Å². The fourth-order valence-corrected chi connectivity index (χ4v) is 4.40. The molecule has 4 aromatic rings. The molecule has 1 heterocycles. The van der Waals surface area contributed by atoms with Crippen LogP contribution in [0.2, 0.25) is 0 Å². The van der Waals surface area contributed by atoms with E-state index in [1.54, 1.807) is 16.7 Å². The first-order valence-electron chi connectivity index (χ1n) is 10.7. The molecule has 1 aromatic heterocycles. The lowest BCUT2D eigenvalue weighted by Crippen LogP contribution is -2.22. The second kappa shape index (κ2) is 8.76. The molecule has 0 aliphatic carbocycles. The molecule has 0 aliphatic heterocycles. The number of benzene rings is 3. The summed E-state index contributed by atoms with van der Waals surface area (Å²) in [6, 6.07) is 14.9. The van der Waals surface area contributed by atoms with Gasteiger partial charge in [-0.15, -0.1) is 0 Å². The average Bonchev–Trinajstić information content (AvgIpc) is 3.14. The minimum Gasteiger partial charge on any atom is -0.507 e. The number of rotatable bonds is 6. The van der Waals surface area contributed by atoms with Gasteiger partial charge in [0.2, 0.25) is 0 Å². The molecular weight excluding hydrogens is 454 g/mol. The number of ether oxygens (including phenoxy) is 1. The van der Waals surface area contributed by atoms with Gasteiger partial charge in [-0.25, -0.2) is 13.6 Å². The number of fused-ring (bicyclic) bond motifs is 1. The molecule has 178 valence electrons. The minimum absolute atomic E-state index is 0.00482. The molecule has 0 saturated carbocycles. The lowest BCUT2D eigenvalue weighted by Gasteiger charge is -2.27. The Labute approximate surface area is 200 Å². The highest BCUT2D eigenvalue weighted by atomic mass is 19.1. The quantitative estimate of drug-likeness (QED) is 0.347. The van der Waals surface area contributed by atoms with E-state index in [1.807, 2.05) is 13.8 Å². The van der Waals surface area contributed by atoms with Gasteiger partial charge in [-0.3, -0.25) is 0 Å². The number of phenols is 1. The van der Waals surface area contributed by atoms with Crippen molar-refractivity contribution >= 4 is 16.9 Å². The van der Waals surface area contributed by atoms with Crippen LogP contribution in [0.3, 0.4) is 0 Å². The summed E-state index contributed by atoms with van der Waals surface area (Å²) in [5.74, 6) is -2.76. The molecule has 35 heavy (non-hydrogen) atoms. The molecule has 0 bridgehead atoms. The smallest absolute Gasteiger partial charge is 0.339 e. The number of carboxylic acid groups (broad SMARTS) is 1. The Morgan fingerprint density at radius 3 is 2.49 bits per heavy atom. The van der Waals surface area contributed by atoms with Crippen LogP contribution in [-0.4, -0.2) is 27.9 Å². The SMILES string of the molecule is COc1cc(-n2c(C(C)(C)CC#N)c(-c3ccc(C(=O)O)c(O)c3)c3ccc(F)cc32)ccc1F. The second-order valence-corrected chi connectivity index (χ2v) is 8.80. The lowest BCUT2D eigenvalue weighted by molar-refractivity contribution is 0.0693. The Bertz CT molecular complexity index is 1520. The summed E-state index contributed by atoms with van der Waals surface area (Å²) in [6.45, 7) is 3.71. The van der Waals surface area contributed by atoms with Gasteiger partial charge in [0.25, 0.3) is 0 Å². The molecular formula is C27H22F2N2O4. The molecule has 0 radical (unpaired) electrons. The van der Waals surface area contributed by atoms with E-state index in [0.29, 0.717) is 33.4 Å². The van der Waals surface area contributed by atoms with Gasteiger partial charge in [-0.2, -0.15) is 5.26 Å². The first kappa shape index (κ1) is 23.8. The van der Waals surface area contributed by atoms with Crippen molar-refractivity contribution in [2.45, 2.75) is 25.7 Å². The number of halogens is 2. The van der Waals surface area contributed by atoms with E-state index < -0.39 is 28.8 Å². The maximum Gasteiger partial charge on any atom is 0.339 e. The monoisotopic (exact) mass is 476 g/mol. The van der Waals surface area contributed by atoms with Crippen LogP contribution in [0, 0.1) is 23.0 Å². The van der Waals surface area contributed by atoms with E-state index in [0.717, 1.165) is 0 Å². The standard InChI is InChI=1S/C27H22F2N2O4/c1-27(2,10-11-30)25-24(15-4-7-19(26(33)34)22(32)12-15)18-8-5-16(28)13-21(18)31(25)17-6-9-20(29)23(14-17)35-3/h4-9,12-14,32H,10H2,1-3H3,(H,33,34). The zero-order valence-corrected chi connectivity index (χ0v) is 19.3. The van der Waals surface area contributed by atoms with Crippen LogP contribution in [0.15, 0.2) is 54.6 Å². The number of nitrogens with zero attached hydrogens (tertiary/aromatic N) is 2. The number of aromatic hydroxyl groups is 1. The number of aromatic carboxylic acids is 1. The summed E-state index contributed by atoms with van der Waals surface area (Å²) >= 11 is 0. The fraction of sp³-hybridized carbons (Fsp3) is 0.185. The molecule has 6 nitrogen and oxygen atoms in total. The Hall–Kier alpha value is -4.38. The third-order valence-corrected chi connectivity index (χ3v) is 6.00. The molecule has 3 aromatic carbocycles. The van der Waals surface area contributed by atoms with Crippen LogP contribution in [0.25, 0.3) is 27.7 Å². The van der Waals surface area contributed by atoms with E-state index in [9.17, 15) is 29.1 Å². The van der Waals surface area contributed by atoms with E-state index in [2.05, 4.69) is 6.07 Å². The number of hydrogen-bond acceptors (Lipinski definition) is 4. The Morgan fingerprint density at radius 1 is 1.11 bits per heavy atom. The number of nitriles is 1. The normalized spacial score (nSPS) is 11.4. The molecule has 0 unspecified atom stereocenters. The molecule has 0 amide bonds. The number of methoxy groups -OCH3 is 1. The van der Waals surface area contributed by atoms with Crippen molar-refractivity contribution in [1.29, 1.82) is 5.26 Å². The van der Waals surface area contributed by atoms with Gasteiger partial charge in [0.05, 0.1) is 18.7 Å². The van der Waals surface area contributed by atoms with Crippen molar-refractivity contribution in [2.24, 2.45) is 0 Å². The summed E-state index contributed by atoms with van der Waals surface area (Å²) in [5, 5.41) is 29.9. The summed E-state index contributed by atoms with van der Waals surface area (Å²) in [5.41, 5.74) is 1.57. The first-order chi connectivity index (χ1) is 16.6. The Balaban J connectivity index is 2.18. The highest BCUT2D eigenvalue weighted by Gasteiger charge is 2.32. The van der Waals surface area contributed by atoms with Crippen molar-refractivity contribution in [3.8, 4) is 34.4 Å². The third kappa shape index (κ3) is 4.06. The van der Waals surface area contributed by atoms with Gasteiger partial charge in [0, 0.05) is 40.2 Å². The van der Waals surface area contributed by atoms with Crippen LogP contribution in [-0.2, 0) is 5.41 Å². The van der Waals surface area contributed by atoms with Crippen LogP contribution < -0.4 is 4.74 Å². The van der Waals surface area contributed by atoms with Crippen molar-refractivity contribution in [3.63, 3.8) is 0 Å². The fourth-order valence-electron chi connectivity index (χ4n) is 4.40. The highest BCUT2D eigenvalue weighted by Crippen LogP contribution is 2.45. The zero-order valence-electron chi connectivity index (χ0n) is 19.3. The second-order valence-electron chi connectivity index (χ2n) is 8.80. The summed E-state index contributed by atoms with van der Waals surface area (Å²) < 4.78 is 35.6. The zero-order chi connectivity index (χ0) is 25.5. The Kier molecular flexibility index (Phi) is 5.95. The van der Waals surface area contributed by atoms with Crippen LogP contribution in [0.5, 0.6) is 11.5 Å². The molecule has 0 saturated heterocycles. The molecule has 0 spiro atoms. The van der Waals surface area contributed by atoms with Crippen molar-refractivity contribution in [3.05, 3.63) is 77.5 Å². The van der Waals surface area contributed by atoms with E-state index in [1.165, 1.54) is 49.6 Å². The van der Waals surface area contributed by atoms with Crippen LogP contribution in [0.1, 0.15) is 36.3 Å². The van der Waals surface area contributed by atoms with E-state index in [-0.39, 0.29) is 17.7 Å². The van der Waals surface area contributed by atoms with Crippen molar-refractivity contribution in [2.75, 3.05) is 7.11 Å². The van der Waals surface area contributed by atoms with E-state index >= 15 is 0 Å². The third-order valence-electron chi connectivity index (χ3n) is 6.00. The lowest BCUT2D eigenvalue weighted by atomic mass is 9.81. The van der Waals surface area contributed by atoms with Gasteiger partial charge in [-0.05, 0) is 48.0 Å². The molecule has 0 atom stereocenters. The summed E-state index contributed by atoms with van der Waals surface area (Å²) in [4.78, 5) is 11.4. The molecule has 8 heteroatoms. The molecule has 4 rings (SSSR count). The predicted molar refractivity (Wildman–Crippen MR) is 127 cm³/mol. The first-order valence-corrected chi connectivity index (χ1v) is 10.7. The minimum atomic E-state index is -1.28. The van der Waals surface area contributed by atoms with Crippen molar-refractivity contribution in [1.82, 2.24) is 4.57 Å². The van der Waals surface area contributed by atoms with E-state index in [4.69, 9.17) is 4.74 Å². The van der Waals surface area contributed by atoms with Crippen LogP contribution in [0.4, 0.5) is 8.78 Å². The highest BCUT2D eigenvalue weighted by molar-refractivity contribution is 6.01. The largest absolute Gasteiger partial charge is 0.507 e. The number of carbonyl (C=O) groups is 1. The molecule has 2 N–H and O–H groups in total. The summed E-state index contributed by atoms with van der Waals surface area (Å²) in [7, 11) is 1.34. The van der Waals surface area contributed by atoms with Gasteiger partial charge >= 0.3 is 5.97 Å². The predicted octanol–water partition coefficient (Wildman–Crippen LogP) is 6.18.